The van der Waals surface area contributed by atoms with E-state index in [1.807, 2.05) is 44.2 Å². The van der Waals surface area contributed by atoms with E-state index in [-0.39, 0.29) is 17.9 Å². The highest BCUT2D eigenvalue weighted by molar-refractivity contribution is 7.13. The molecule has 0 saturated carbocycles. The lowest BCUT2D eigenvalue weighted by molar-refractivity contribution is 0.102. The SMILES string of the molecule is Cc1ccccc1NC(=O)c1nnc(C2CCCN(C(=O)Nc3cc(Cl)ccc3C)C2)s1. The lowest BCUT2D eigenvalue weighted by Crippen LogP contribution is -2.41. The third-order valence-corrected chi connectivity index (χ3v) is 6.85. The zero-order valence-corrected chi connectivity index (χ0v) is 19.5. The highest BCUT2D eigenvalue weighted by Crippen LogP contribution is 2.30. The van der Waals surface area contributed by atoms with Crippen molar-refractivity contribution < 1.29 is 9.59 Å². The molecule has 1 aliphatic heterocycles. The fraction of sp³-hybridized carbons (Fsp3) is 0.304. The fourth-order valence-corrected chi connectivity index (χ4v) is 4.70. The summed E-state index contributed by atoms with van der Waals surface area (Å²) >= 11 is 7.35. The normalized spacial score (nSPS) is 16.0. The summed E-state index contributed by atoms with van der Waals surface area (Å²) in [6.07, 6.45) is 1.75. The Hall–Kier alpha value is -2.97. The third kappa shape index (κ3) is 5.08. The monoisotopic (exact) mass is 469 g/mol. The van der Waals surface area contributed by atoms with Gasteiger partial charge >= 0.3 is 6.03 Å². The maximum Gasteiger partial charge on any atom is 0.321 e. The van der Waals surface area contributed by atoms with Gasteiger partial charge in [0.1, 0.15) is 5.01 Å². The number of piperidine rings is 1. The molecule has 32 heavy (non-hydrogen) atoms. The van der Waals surface area contributed by atoms with Crippen LogP contribution in [0.5, 0.6) is 0 Å². The summed E-state index contributed by atoms with van der Waals surface area (Å²) in [5.74, 6) is -0.225. The Balaban J connectivity index is 1.41. The lowest BCUT2D eigenvalue weighted by Gasteiger charge is -2.31. The Morgan fingerprint density at radius 3 is 2.66 bits per heavy atom. The molecule has 0 radical (unpaired) electrons. The number of carbonyl (C=O) groups excluding carboxylic acids is 2. The number of carbonyl (C=O) groups is 2. The molecule has 2 N–H and O–H groups in total. The summed E-state index contributed by atoms with van der Waals surface area (Å²) < 4.78 is 0. The second kappa shape index (κ2) is 9.67. The van der Waals surface area contributed by atoms with Gasteiger partial charge in [0.05, 0.1) is 0 Å². The number of aryl methyl sites for hydroxylation is 2. The number of para-hydroxylation sites is 1. The van der Waals surface area contributed by atoms with Gasteiger partial charge in [-0.2, -0.15) is 0 Å². The number of likely N-dealkylation sites (tertiary alicyclic amines) is 1. The first-order valence-corrected chi connectivity index (χ1v) is 11.6. The van der Waals surface area contributed by atoms with E-state index in [9.17, 15) is 9.59 Å². The van der Waals surface area contributed by atoms with E-state index in [0.717, 1.165) is 34.7 Å². The molecule has 7 nitrogen and oxygen atoms in total. The maximum atomic E-state index is 12.8. The number of nitrogens with zero attached hydrogens (tertiary/aromatic N) is 3. The maximum absolute atomic E-state index is 12.8. The fourth-order valence-electron chi connectivity index (χ4n) is 3.67. The summed E-state index contributed by atoms with van der Waals surface area (Å²) in [5.41, 5.74) is 3.39. The zero-order chi connectivity index (χ0) is 22.7. The van der Waals surface area contributed by atoms with Gasteiger partial charge in [0.15, 0.2) is 0 Å². The number of nitrogens with one attached hydrogen (secondary N) is 2. The molecule has 1 saturated heterocycles. The second-order valence-corrected chi connectivity index (χ2v) is 9.33. The smallest absolute Gasteiger partial charge is 0.321 e. The summed E-state index contributed by atoms with van der Waals surface area (Å²) in [7, 11) is 0. The average molecular weight is 470 g/mol. The molecule has 4 rings (SSSR count). The van der Waals surface area contributed by atoms with Crippen molar-refractivity contribution in [3.05, 3.63) is 68.6 Å². The molecule has 166 valence electrons. The van der Waals surface area contributed by atoms with Crippen LogP contribution in [0, 0.1) is 13.8 Å². The Kier molecular flexibility index (Phi) is 6.72. The largest absolute Gasteiger partial charge is 0.324 e. The molecule has 1 aromatic heterocycles. The Morgan fingerprint density at radius 2 is 1.84 bits per heavy atom. The van der Waals surface area contributed by atoms with E-state index in [1.54, 1.807) is 17.0 Å². The van der Waals surface area contributed by atoms with Crippen LogP contribution in [0.3, 0.4) is 0 Å². The highest BCUT2D eigenvalue weighted by atomic mass is 35.5. The Morgan fingerprint density at radius 1 is 1.06 bits per heavy atom. The predicted octanol–water partition coefficient (Wildman–Crippen LogP) is 5.47. The molecule has 1 aliphatic rings. The minimum absolute atomic E-state index is 0.0486. The summed E-state index contributed by atoms with van der Waals surface area (Å²) in [6, 6.07) is 12.9. The van der Waals surface area contributed by atoms with Gasteiger partial charge in [0.2, 0.25) is 5.01 Å². The average Bonchev–Trinajstić information content (AvgIpc) is 3.28. The first-order valence-electron chi connectivity index (χ1n) is 10.4. The number of benzene rings is 2. The summed E-state index contributed by atoms with van der Waals surface area (Å²) in [4.78, 5) is 27.2. The molecule has 3 amide bonds. The van der Waals surface area contributed by atoms with Crippen LogP contribution in [0.1, 0.15) is 44.7 Å². The van der Waals surface area contributed by atoms with E-state index < -0.39 is 0 Å². The van der Waals surface area contributed by atoms with Crippen LogP contribution in [0.4, 0.5) is 16.2 Å². The molecule has 1 unspecified atom stereocenters. The van der Waals surface area contributed by atoms with Gasteiger partial charge in [0, 0.05) is 35.4 Å². The molecule has 9 heteroatoms. The number of rotatable bonds is 4. The first kappa shape index (κ1) is 22.2. The molecule has 2 heterocycles. The topological polar surface area (TPSA) is 87.2 Å². The lowest BCUT2D eigenvalue weighted by atomic mass is 9.99. The zero-order valence-electron chi connectivity index (χ0n) is 17.9. The Labute approximate surface area is 195 Å². The second-order valence-electron chi connectivity index (χ2n) is 7.89. The van der Waals surface area contributed by atoms with Gasteiger partial charge < -0.3 is 15.5 Å². The first-order chi connectivity index (χ1) is 15.4. The number of anilines is 2. The molecule has 0 aliphatic carbocycles. The van der Waals surface area contributed by atoms with Crippen molar-refractivity contribution in [3.63, 3.8) is 0 Å². The molecule has 1 fully saturated rings. The minimum atomic E-state index is -0.273. The van der Waals surface area contributed by atoms with Crippen LogP contribution >= 0.6 is 22.9 Å². The van der Waals surface area contributed by atoms with Crippen molar-refractivity contribution in [2.75, 3.05) is 23.7 Å². The highest BCUT2D eigenvalue weighted by Gasteiger charge is 2.28. The van der Waals surface area contributed by atoms with Crippen LogP contribution in [0.2, 0.25) is 5.02 Å². The van der Waals surface area contributed by atoms with Crippen LogP contribution in [-0.2, 0) is 0 Å². The van der Waals surface area contributed by atoms with Gasteiger partial charge in [-0.25, -0.2) is 4.79 Å². The number of hydrogen-bond donors (Lipinski definition) is 2. The molecule has 1 atom stereocenters. The van der Waals surface area contributed by atoms with Crippen LogP contribution in [0.15, 0.2) is 42.5 Å². The van der Waals surface area contributed by atoms with Crippen molar-refractivity contribution in [2.24, 2.45) is 0 Å². The predicted molar refractivity (Wildman–Crippen MR) is 128 cm³/mol. The van der Waals surface area contributed by atoms with E-state index in [2.05, 4.69) is 20.8 Å². The molecular formula is C23H24ClN5O2S. The molecule has 0 spiro atoms. The van der Waals surface area contributed by atoms with Gasteiger partial charge in [0.25, 0.3) is 5.91 Å². The number of hydrogen-bond acceptors (Lipinski definition) is 5. The molecule has 2 aromatic carbocycles. The molecule has 0 bridgehead atoms. The molecular weight excluding hydrogens is 446 g/mol. The molecule has 3 aromatic rings. The van der Waals surface area contributed by atoms with E-state index in [1.165, 1.54) is 11.3 Å². The van der Waals surface area contributed by atoms with Crippen molar-refractivity contribution >= 4 is 46.3 Å². The van der Waals surface area contributed by atoms with Crippen LogP contribution in [-0.4, -0.2) is 40.1 Å². The van der Waals surface area contributed by atoms with E-state index in [4.69, 9.17) is 11.6 Å². The van der Waals surface area contributed by atoms with E-state index in [0.29, 0.717) is 28.8 Å². The Bertz CT molecular complexity index is 1150. The summed E-state index contributed by atoms with van der Waals surface area (Å²) in [5, 5.41) is 15.9. The van der Waals surface area contributed by atoms with Crippen LogP contribution < -0.4 is 10.6 Å². The third-order valence-electron chi connectivity index (χ3n) is 5.53. The van der Waals surface area contributed by atoms with Crippen molar-refractivity contribution in [1.29, 1.82) is 0 Å². The van der Waals surface area contributed by atoms with Crippen molar-refractivity contribution in [2.45, 2.75) is 32.6 Å². The summed E-state index contributed by atoms with van der Waals surface area (Å²) in [6.45, 7) is 5.06. The van der Waals surface area contributed by atoms with Gasteiger partial charge in [-0.15, -0.1) is 10.2 Å². The van der Waals surface area contributed by atoms with Gasteiger partial charge in [-0.1, -0.05) is 47.2 Å². The number of aromatic nitrogens is 2. The quantitative estimate of drug-likeness (QED) is 0.530. The van der Waals surface area contributed by atoms with E-state index >= 15 is 0 Å². The van der Waals surface area contributed by atoms with Crippen LogP contribution in [0.25, 0.3) is 0 Å². The number of amides is 3. The van der Waals surface area contributed by atoms with Crippen molar-refractivity contribution in [3.8, 4) is 0 Å². The standard InChI is InChI=1S/C23H24ClN5O2S/c1-14-6-3-4-8-18(14)25-20(30)22-28-27-21(32-22)16-7-5-11-29(13-16)23(31)26-19-12-17(24)10-9-15(19)2/h3-4,6,8-10,12,16H,5,7,11,13H2,1-2H3,(H,25,30)(H,26,31). The van der Waals surface area contributed by atoms with Gasteiger partial charge in [-0.05, 0) is 56.0 Å². The van der Waals surface area contributed by atoms with Crippen molar-refractivity contribution in [1.82, 2.24) is 15.1 Å². The van der Waals surface area contributed by atoms with Gasteiger partial charge in [-0.3, -0.25) is 4.79 Å². The minimum Gasteiger partial charge on any atom is -0.324 e. The number of urea groups is 1. The number of halogens is 1.